The number of hydrogen-bond acceptors (Lipinski definition) is 5. The molecule has 28 heavy (non-hydrogen) atoms. The molecule has 3 aromatic rings. The van der Waals surface area contributed by atoms with Crippen molar-refractivity contribution in [2.45, 2.75) is 19.4 Å². The van der Waals surface area contributed by atoms with E-state index >= 15 is 0 Å². The van der Waals surface area contributed by atoms with Crippen LogP contribution in [0.15, 0.2) is 46.9 Å². The van der Waals surface area contributed by atoms with Crippen molar-refractivity contribution >= 4 is 28.5 Å². The van der Waals surface area contributed by atoms with Gasteiger partial charge in [0.2, 0.25) is 0 Å². The molecule has 2 aromatic carbocycles. The van der Waals surface area contributed by atoms with Crippen molar-refractivity contribution in [3.05, 3.63) is 64.9 Å². The Kier molecular flexibility index (Phi) is 4.88. The van der Waals surface area contributed by atoms with E-state index in [9.17, 15) is 9.59 Å². The summed E-state index contributed by atoms with van der Waals surface area (Å²) in [6, 6.07) is 12.9. The lowest BCUT2D eigenvalue weighted by Gasteiger charge is -2.30. The van der Waals surface area contributed by atoms with Crippen molar-refractivity contribution in [3.8, 4) is 0 Å². The zero-order chi connectivity index (χ0) is 19.7. The number of anilines is 1. The molecule has 0 N–H and O–H groups in total. The predicted octanol–water partition coefficient (Wildman–Crippen LogP) is 3.96. The van der Waals surface area contributed by atoms with Gasteiger partial charge in [0.15, 0.2) is 5.76 Å². The van der Waals surface area contributed by atoms with E-state index < -0.39 is 5.97 Å². The summed E-state index contributed by atoms with van der Waals surface area (Å²) in [4.78, 5) is 27.2. The molecule has 0 atom stereocenters. The third-order valence-electron chi connectivity index (χ3n) is 5.08. The number of hydrogen-bond donors (Lipinski definition) is 0. The molecule has 0 spiro atoms. The normalized spacial score (nSPS) is 13.4. The molecule has 0 radical (unpaired) electrons. The van der Waals surface area contributed by atoms with Crippen molar-refractivity contribution in [1.82, 2.24) is 0 Å². The molecule has 0 unspecified atom stereocenters. The summed E-state index contributed by atoms with van der Waals surface area (Å²) in [7, 11) is 2.95. The summed E-state index contributed by atoms with van der Waals surface area (Å²) in [5.41, 5.74) is 3.44. The lowest BCUT2D eigenvalue weighted by atomic mass is 9.96. The highest BCUT2D eigenvalue weighted by atomic mass is 16.5. The number of ether oxygens (including phenoxy) is 2. The molecule has 0 aliphatic carbocycles. The van der Waals surface area contributed by atoms with Gasteiger partial charge >= 0.3 is 5.97 Å². The van der Waals surface area contributed by atoms with Crippen molar-refractivity contribution in [3.63, 3.8) is 0 Å². The maximum absolute atomic E-state index is 13.4. The van der Waals surface area contributed by atoms with Crippen LogP contribution in [0.2, 0.25) is 0 Å². The van der Waals surface area contributed by atoms with E-state index in [1.165, 1.54) is 7.11 Å². The molecule has 6 nitrogen and oxygen atoms in total. The molecular weight excluding hydrogens is 358 g/mol. The Balaban J connectivity index is 1.80. The highest BCUT2D eigenvalue weighted by molar-refractivity contribution is 6.09. The largest absolute Gasteiger partial charge is 0.465 e. The smallest absolute Gasteiger partial charge is 0.338 e. The number of methoxy groups -OCH3 is 2. The third-order valence-corrected chi connectivity index (χ3v) is 5.08. The summed E-state index contributed by atoms with van der Waals surface area (Å²) in [5, 5.41) is 0.869. The monoisotopic (exact) mass is 379 g/mol. The van der Waals surface area contributed by atoms with Crippen LogP contribution in [-0.4, -0.2) is 32.6 Å². The van der Waals surface area contributed by atoms with Crippen molar-refractivity contribution < 1.29 is 23.5 Å². The number of benzene rings is 2. The van der Waals surface area contributed by atoms with Crippen LogP contribution in [0.1, 0.15) is 38.5 Å². The molecule has 0 fully saturated rings. The van der Waals surface area contributed by atoms with Gasteiger partial charge < -0.3 is 18.8 Å². The lowest BCUT2D eigenvalue weighted by Crippen LogP contribution is -2.36. The van der Waals surface area contributed by atoms with Gasteiger partial charge in [-0.2, -0.15) is 0 Å². The van der Waals surface area contributed by atoms with Gasteiger partial charge in [0.05, 0.1) is 19.3 Å². The zero-order valence-electron chi connectivity index (χ0n) is 15.9. The average molecular weight is 379 g/mol. The van der Waals surface area contributed by atoms with Crippen molar-refractivity contribution in [1.29, 1.82) is 0 Å². The first-order valence-electron chi connectivity index (χ1n) is 9.17. The van der Waals surface area contributed by atoms with Crippen LogP contribution in [0, 0.1) is 0 Å². The minimum Gasteiger partial charge on any atom is -0.465 e. The number of nitrogens with zero attached hydrogens (tertiary/aromatic N) is 1. The second-order valence-electron chi connectivity index (χ2n) is 6.69. The Bertz CT molecular complexity index is 1050. The zero-order valence-corrected chi connectivity index (χ0v) is 15.9. The first-order chi connectivity index (χ1) is 13.7. The molecule has 1 aliphatic rings. The highest BCUT2D eigenvalue weighted by Gasteiger charge is 2.31. The Morgan fingerprint density at radius 3 is 2.71 bits per heavy atom. The Morgan fingerprint density at radius 2 is 1.93 bits per heavy atom. The fourth-order valence-corrected chi connectivity index (χ4v) is 3.82. The molecule has 0 bridgehead atoms. The summed E-state index contributed by atoms with van der Waals surface area (Å²) >= 11 is 0. The highest BCUT2D eigenvalue weighted by Crippen LogP contribution is 2.34. The number of rotatable bonds is 4. The molecule has 6 heteroatoms. The molecular formula is C22H21NO5. The van der Waals surface area contributed by atoms with Crippen LogP contribution in [0.4, 0.5) is 5.69 Å². The van der Waals surface area contributed by atoms with E-state index in [0.29, 0.717) is 17.7 Å². The maximum atomic E-state index is 13.4. The first-order valence-corrected chi connectivity index (χ1v) is 9.17. The Labute approximate surface area is 162 Å². The molecule has 1 aromatic heterocycles. The van der Waals surface area contributed by atoms with Gasteiger partial charge in [0.25, 0.3) is 5.91 Å². The topological polar surface area (TPSA) is 69.0 Å². The van der Waals surface area contributed by atoms with E-state index in [-0.39, 0.29) is 18.3 Å². The molecule has 1 amide bonds. The molecule has 0 saturated heterocycles. The molecule has 144 valence electrons. The molecule has 1 aliphatic heterocycles. The van der Waals surface area contributed by atoms with Gasteiger partial charge in [0, 0.05) is 30.3 Å². The Morgan fingerprint density at radius 1 is 1.11 bits per heavy atom. The van der Waals surface area contributed by atoms with Crippen LogP contribution in [-0.2, 0) is 22.5 Å². The number of esters is 1. The van der Waals surface area contributed by atoms with Crippen LogP contribution in [0.25, 0.3) is 11.0 Å². The van der Waals surface area contributed by atoms with Crippen LogP contribution in [0.3, 0.4) is 0 Å². The summed E-state index contributed by atoms with van der Waals surface area (Å²) in [5.74, 6) is -0.347. The summed E-state index contributed by atoms with van der Waals surface area (Å²) in [6.45, 7) is 0.834. The van der Waals surface area contributed by atoms with E-state index in [2.05, 4.69) is 0 Å². The molecule has 0 saturated carbocycles. The van der Waals surface area contributed by atoms with Crippen molar-refractivity contribution in [2.24, 2.45) is 0 Å². The minimum atomic E-state index is -0.394. The number of carbonyl (C=O) groups is 2. The van der Waals surface area contributed by atoms with Gasteiger partial charge in [-0.05, 0) is 36.6 Å². The number of amides is 1. The standard InChI is InChI=1S/C22H21NO5/c1-26-13-17-15-7-3-4-11-19(15)28-20(17)21(24)23-12-6-9-14-16(22(25)27-2)8-5-10-18(14)23/h3-5,7-8,10-11H,6,9,12-13H2,1-2H3. The lowest BCUT2D eigenvalue weighted by molar-refractivity contribution is 0.0599. The summed E-state index contributed by atoms with van der Waals surface area (Å²) in [6.07, 6.45) is 1.47. The van der Waals surface area contributed by atoms with Crippen molar-refractivity contribution in [2.75, 3.05) is 25.7 Å². The van der Waals surface area contributed by atoms with Crippen LogP contribution in [0.5, 0.6) is 0 Å². The van der Waals surface area contributed by atoms with E-state index in [1.807, 2.05) is 30.3 Å². The minimum absolute atomic E-state index is 0.230. The van der Waals surface area contributed by atoms with Crippen LogP contribution >= 0.6 is 0 Å². The third kappa shape index (κ3) is 2.96. The SMILES string of the molecule is COCc1c(C(=O)N2CCCc3c(C(=O)OC)cccc32)oc2ccccc12. The maximum Gasteiger partial charge on any atom is 0.338 e. The quantitative estimate of drug-likeness (QED) is 0.642. The average Bonchev–Trinajstić information content (AvgIpc) is 3.10. The number of furan rings is 1. The molecule has 4 rings (SSSR count). The van der Waals surface area contributed by atoms with Gasteiger partial charge in [-0.15, -0.1) is 0 Å². The number of para-hydroxylation sites is 1. The predicted molar refractivity (Wildman–Crippen MR) is 105 cm³/mol. The van der Waals surface area contributed by atoms with E-state index in [4.69, 9.17) is 13.9 Å². The molecule has 2 heterocycles. The van der Waals surface area contributed by atoms with Gasteiger partial charge in [-0.25, -0.2) is 4.79 Å². The first kappa shape index (κ1) is 18.3. The van der Waals surface area contributed by atoms with Crippen LogP contribution < -0.4 is 4.90 Å². The van der Waals surface area contributed by atoms with Gasteiger partial charge in [-0.3, -0.25) is 4.79 Å². The Hall–Kier alpha value is -3.12. The van der Waals surface area contributed by atoms with Gasteiger partial charge in [0.1, 0.15) is 5.58 Å². The van der Waals surface area contributed by atoms with Gasteiger partial charge in [-0.1, -0.05) is 24.3 Å². The number of carbonyl (C=O) groups excluding carboxylic acids is 2. The second kappa shape index (κ2) is 7.48. The van der Waals surface area contributed by atoms with E-state index in [0.717, 1.165) is 35.0 Å². The number of fused-ring (bicyclic) bond motifs is 2. The summed E-state index contributed by atoms with van der Waals surface area (Å²) < 4.78 is 16.1. The second-order valence-corrected chi connectivity index (χ2v) is 6.69. The fourth-order valence-electron chi connectivity index (χ4n) is 3.82. The fraction of sp³-hybridized carbons (Fsp3) is 0.273. The van der Waals surface area contributed by atoms with E-state index in [1.54, 1.807) is 24.1 Å².